The lowest BCUT2D eigenvalue weighted by atomic mass is 9.97. The van der Waals surface area contributed by atoms with E-state index in [1.807, 2.05) is 9.47 Å². The summed E-state index contributed by atoms with van der Waals surface area (Å²) < 4.78 is 23.3. The van der Waals surface area contributed by atoms with Gasteiger partial charge in [0.1, 0.15) is 20.8 Å². The number of ether oxygens (including phenoxy) is 1. The zero-order valence-electron chi connectivity index (χ0n) is 18.1. The first-order chi connectivity index (χ1) is 15.4. The molecule has 0 amide bonds. The Hall–Kier alpha value is -2.65. The molecule has 170 valence electrons. The predicted octanol–water partition coefficient (Wildman–Crippen LogP) is 3.78. The van der Waals surface area contributed by atoms with E-state index in [0.717, 1.165) is 37.0 Å². The second-order valence-electron chi connectivity index (χ2n) is 8.77. The molecule has 1 aliphatic carbocycles. The maximum Gasteiger partial charge on any atom is 0.202 e. The molecule has 1 atom stereocenters. The van der Waals surface area contributed by atoms with Gasteiger partial charge in [0, 0.05) is 26.1 Å². The van der Waals surface area contributed by atoms with Crippen LogP contribution >= 0.6 is 11.3 Å². The van der Waals surface area contributed by atoms with E-state index in [4.69, 9.17) is 10.5 Å². The standard InChI is InChI=1S/C23H26FN3O4S/c1-11(28)22-20(30)16-19(29)14-8-15(24)18(26-7-3-4-12(9-25)10-26)21(31-2)17(14)27(13-5-6-13)23(16)32-22/h8,12-13,30H,3-7,9-10,25H2,1-2H3. The second kappa shape index (κ2) is 7.74. The van der Waals surface area contributed by atoms with Gasteiger partial charge in [-0.05, 0) is 44.2 Å². The molecule has 0 bridgehead atoms. The summed E-state index contributed by atoms with van der Waals surface area (Å²) in [4.78, 5) is 28.1. The lowest BCUT2D eigenvalue weighted by Crippen LogP contribution is -2.39. The highest BCUT2D eigenvalue weighted by molar-refractivity contribution is 7.21. The van der Waals surface area contributed by atoms with Crippen LogP contribution in [0.1, 0.15) is 48.3 Å². The number of carbonyl (C=O) groups excluding carboxylic acids is 1. The molecular formula is C23H26FN3O4S. The van der Waals surface area contributed by atoms with E-state index in [1.54, 1.807) is 0 Å². The van der Waals surface area contributed by atoms with E-state index in [-0.39, 0.29) is 39.1 Å². The number of benzene rings is 1. The van der Waals surface area contributed by atoms with E-state index < -0.39 is 11.2 Å². The van der Waals surface area contributed by atoms with Gasteiger partial charge in [-0.25, -0.2) is 4.39 Å². The molecule has 0 radical (unpaired) electrons. The number of fused-ring (bicyclic) bond motifs is 2. The van der Waals surface area contributed by atoms with Crippen LogP contribution in [0.5, 0.6) is 11.5 Å². The molecule has 1 aliphatic heterocycles. The lowest BCUT2D eigenvalue weighted by Gasteiger charge is -2.35. The third-order valence-electron chi connectivity index (χ3n) is 6.58. The maximum absolute atomic E-state index is 15.5. The monoisotopic (exact) mass is 459 g/mol. The summed E-state index contributed by atoms with van der Waals surface area (Å²) in [5.41, 5.74) is 6.27. The molecule has 1 saturated carbocycles. The number of pyridine rings is 1. The van der Waals surface area contributed by atoms with Gasteiger partial charge in [0.25, 0.3) is 0 Å². The smallest absolute Gasteiger partial charge is 0.202 e. The second-order valence-corrected chi connectivity index (χ2v) is 9.77. The third-order valence-corrected chi connectivity index (χ3v) is 7.86. The number of thiophene rings is 1. The van der Waals surface area contributed by atoms with Gasteiger partial charge in [0.15, 0.2) is 23.1 Å². The number of nitrogens with two attached hydrogens (primary N) is 1. The summed E-state index contributed by atoms with van der Waals surface area (Å²) in [6.07, 6.45) is 3.70. The predicted molar refractivity (Wildman–Crippen MR) is 124 cm³/mol. The van der Waals surface area contributed by atoms with Gasteiger partial charge in [0.05, 0.1) is 18.0 Å². The minimum Gasteiger partial charge on any atom is -0.505 e. The number of aromatic nitrogens is 1. The molecule has 5 rings (SSSR count). The van der Waals surface area contributed by atoms with Gasteiger partial charge in [-0.3, -0.25) is 9.59 Å². The van der Waals surface area contributed by atoms with Crippen molar-refractivity contribution in [2.75, 3.05) is 31.6 Å². The van der Waals surface area contributed by atoms with Crippen LogP contribution in [-0.2, 0) is 0 Å². The Morgan fingerprint density at radius 3 is 2.75 bits per heavy atom. The minimum absolute atomic E-state index is 0.0787. The molecule has 3 heterocycles. The first-order valence-corrected chi connectivity index (χ1v) is 11.7. The molecule has 2 aromatic heterocycles. The largest absolute Gasteiger partial charge is 0.505 e. The van der Waals surface area contributed by atoms with Crippen LogP contribution < -0.4 is 20.8 Å². The van der Waals surface area contributed by atoms with Gasteiger partial charge < -0.3 is 25.0 Å². The Balaban J connectivity index is 1.88. The van der Waals surface area contributed by atoms with Crippen molar-refractivity contribution in [1.29, 1.82) is 0 Å². The molecule has 7 nitrogen and oxygen atoms in total. The summed E-state index contributed by atoms with van der Waals surface area (Å²) in [7, 11) is 1.49. The molecule has 2 fully saturated rings. The highest BCUT2D eigenvalue weighted by atomic mass is 32.1. The van der Waals surface area contributed by atoms with Crippen molar-refractivity contribution >= 4 is 43.9 Å². The van der Waals surface area contributed by atoms with Gasteiger partial charge in [0.2, 0.25) is 5.43 Å². The maximum atomic E-state index is 15.5. The zero-order valence-corrected chi connectivity index (χ0v) is 18.9. The Morgan fingerprint density at radius 1 is 1.38 bits per heavy atom. The molecule has 1 aromatic carbocycles. The summed E-state index contributed by atoms with van der Waals surface area (Å²) >= 11 is 1.11. The summed E-state index contributed by atoms with van der Waals surface area (Å²) in [5.74, 6) is -0.573. The fraction of sp³-hybridized carbons (Fsp3) is 0.478. The molecule has 3 aromatic rings. The summed E-state index contributed by atoms with van der Waals surface area (Å²) in [6.45, 7) is 3.20. The number of hydrogen-bond donors (Lipinski definition) is 2. The first kappa shape index (κ1) is 21.2. The SMILES string of the molecule is COc1c(N2CCCC(CN)C2)c(F)cc2c(=O)c3c(O)c(C(C)=O)sc3n(C3CC3)c12. The Morgan fingerprint density at radius 2 is 2.12 bits per heavy atom. The normalized spacial score (nSPS) is 19.1. The number of methoxy groups -OCH3 is 1. The Bertz CT molecular complexity index is 1310. The average molecular weight is 460 g/mol. The quantitative estimate of drug-likeness (QED) is 0.564. The Labute approximate surface area is 188 Å². The molecule has 32 heavy (non-hydrogen) atoms. The van der Waals surface area contributed by atoms with Gasteiger partial charge in [-0.2, -0.15) is 0 Å². The minimum atomic E-state index is -0.535. The molecular weight excluding hydrogens is 433 g/mol. The number of aromatic hydroxyl groups is 1. The number of anilines is 1. The van der Waals surface area contributed by atoms with Crippen molar-refractivity contribution in [2.45, 2.75) is 38.6 Å². The fourth-order valence-electron chi connectivity index (χ4n) is 4.91. The lowest BCUT2D eigenvalue weighted by molar-refractivity contribution is 0.101. The number of Topliss-reactive ketones (excluding diaryl/α,β-unsaturated/α-hetero) is 1. The molecule has 1 saturated heterocycles. The average Bonchev–Trinajstić information content (AvgIpc) is 3.55. The van der Waals surface area contributed by atoms with Crippen molar-refractivity contribution in [3.8, 4) is 11.5 Å². The highest BCUT2D eigenvalue weighted by Gasteiger charge is 2.34. The zero-order chi connectivity index (χ0) is 22.7. The number of nitrogens with zero attached hydrogens (tertiary/aromatic N) is 2. The van der Waals surface area contributed by atoms with Crippen LogP contribution in [-0.4, -0.2) is 42.2 Å². The molecule has 2 aliphatic rings. The summed E-state index contributed by atoms with van der Waals surface area (Å²) in [6, 6.07) is 1.36. The van der Waals surface area contributed by atoms with Crippen LogP contribution in [0.25, 0.3) is 21.1 Å². The van der Waals surface area contributed by atoms with Gasteiger partial charge >= 0.3 is 0 Å². The summed E-state index contributed by atoms with van der Waals surface area (Å²) in [5, 5.41) is 10.9. The Kier molecular flexibility index (Phi) is 5.13. The topological polar surface area (TPSA) is 97.8 Å². The van der Waals surface area contributed by atoms with Gasteiger partial charge in [-0.15, -0.1) is 11.3 Å². The number of piperidine rings is 1. The van der Waals surface area contributed by atoms with Crippen LogP contribution in [0.3, 0.4) is 0 Å². The first-order valence-electron chi connectivity index (χ1n) is 10.9. The van der Waals surface area contributed by atoms with E-state index >= 15 is 4.39 Å². The molecule has 9 heteroatoms. The number of halogens is 1. The fourth-order valence-corrected chi connectivity index (χ4v) is 6.07. The number of carbonyl (C=O) groups is 1. The number of ketones is 1. The van der Waals surface area contributed by atoms with Crippen LogP contribution in [0.15, 0.2) is 10.9 Å². The van der Waals surface area contributed by atoms with Crippen molar-refractivity contribution in [1.82, 2.24) is 4.57 Å². The van der Waals surface area contributed by atoms with E-state index in [0.29, 0.717) is 41.4 Å². The molecule has 3 N–H and O–H groups in total. The third kappa shape index (κ3) is 3.09. The van der Waals surface area contributed by atoms with E-state index in [1.165, 1.54) is 20.1 Å². The van der Waals surface area contributed by atoms with Crippen molar-refractivity contribution in [3.05, 3.63) is 27.0 Å². The highest BCUT2D eigenvalue weighted by Crippen LogP contribution is 2.48. The van der Waals surface area contributed by atoms with E-state index in [2.05, 4.69) is 0 Å². The van der Waals surface area contributed by atoms with Crippen molar-refractivity contribution < 1.29 is 19.0 Å². The van der Waals surface area contributed by atoms with Crippen LogP contribution in [0, 0.1) is 11.7 Å². The van der Waals surface area contributed by atoms with Crippen molar-refractivity contribution in [2.24, 2.45) is 11.7 Å². The van der Waals surface area contributed by atoms with E-state index in [9.17, 15) is 14.7 Å². The van der Waals surface area contributed by atoms with Crippen LogP contribution in [0.4, 0.5) is 10.1 Å². The van der Waals surface area contributed by atoms with Crippen molar-refractivity contribution in [3.63, 3.8) is 0 Å². The molecule has 0 spiro atoms. The number of hydrogen-bond acceptors (Lipinski definition) is 7. The van der Waals surface area contributed by atoms with Gasteiger partial charge in [-0.1, -0.05) is 0 Å². The molecule has 1 unspecified atom stereocenters. The number of rotatable bonds is 5. The van der Waals surface area contributed by atoms with Crippen LogP contribution in [0.2, 0.25) is 0 Å².